The lowest BCUT2D eigenvalue weighted by Crippen LogP contribution is -2.10. The molecule has 9 aromatic rings. The fourth-order valence-corrected chi connectivity index (χ4v) is 6.87. The molecule has 1 aromatic heterocycles. The second kappa shape index (κ2) is 11.8. The first kappa shape index (κ1) is 27.9. The molecule has 0 saturated carbocycles. The van der Waals surface area contributed by atoms with E-state index >= 15 is 0 Å². The fourth-order valence-electron chi connectivity index (χ4n) is 6.87. The zero-order valence-electron chi connectivity index (χ0n) is 26.3. The Bertz CT molecular complexity index is 2560. The highest BCUT2D eigenvalue weighted by atomic mass is 16.3. The topological polar surface area (TPSA) is 16.4 Å². The quantitative estimate of drug-likeness (QED) is 0.185. The van der Waals surface area contributed by atoms with Crippen molar-refractivity contribution in [1.29, 1.82) is 0 Å². The first-order valence-corrected chi connectivity index (χ1v) is 16.3. The molecule has 0 spiro atoms. The van der Waals surface area contributed by atoms with E-state index < -0.39 is 0 Å². The van der Waals surface area contributed by atoms with Gasteiger partial charge in [0.2, 0.25) is 0 Å². The summed E-state index contributed by atoms with van der Waals surface area (Å²) in [5, 5.41) is 4.68. The normalized spacial score (nSPS) is 11.3. The highest BCUT2D eigenvalue weighted by Crippen LogP contribution is 2.44. The van der Waals surface area contributed by atoms with Crippen LogP contribution in [0.3, 0.4) is 0 Å². The van der Waals surface area contributed by atoms with Crippen molar-refractivity contribution in [3.05, 3.63) is 188 Å². The van der Waals surface area contributed by atoms with Crippen LogP contribution in [0.25, 0.3) is 66.1 Å². The number of hydrogen-bond donors (Lipinski definition) is 0. The predicted molar refractivity (Wildman–Crippen MR) is 202 cm³/mol. The molecule has 226 valence electrons. The van der Waals surface area contributed by atoms with E-state index in [9.17, 15) is 0 Å². The van der Waals surface area contributed by atoms with Crippen LogP contribution in [0.4, 0.5) is 17.1 Å². The van der Waals surface area contributed by atoms with Crippen molar-refractivity contribution in [2.45, 2.75) is 0 Å². The Morgan fingerprint density at radius 2 is 0.917 bits per heavy atom. The van der Waals surface area contributed by atoms with E-state index in [2.05, 4.69) is 181 Å². The molecule has 0 fully saturated rings. The number of fused-ring (bicyclic) bond motifs is 4. The Morgan fingerprint density at radius 3 is 1.75 bits per heavy atom. The third-order valence-electron chi connectivity index (χ3n) is 9.24. The standard InChI is InChI=1S/C46H31NO/c1-2-11-32(12-3-1)36-15-8-16-37(29-36)34-25-27-40(28-26-34)47(43-20-10-22-45-46(43)42-19-6-7-21-44(42)48-45)41-18-9-17-38(31-41)39-24-23-33-13-4-5-14-35(33)30-39/h1-31H. The highest BCUT2D eigenvalue weighted by Gasteiger charge is 2.20. The summed E-state index contributed by atoms with van der Waals surface area (Å²) in [6, 6.07) is 67.0. The van der Waals surface area contributed by atoms with Crippen LogP contribution in [-0.2, 0) is 0 Å². The van der Waals surface area contributed by atoms with Gasteiger partial charge in [0.05, 0.1) is 11.1 Å². The van der Waals surface area contributed by atoms with Crippen LogP contribution in [0.15, 0.2) is 192 Å². The van der Waals surface area contributed by atoms with E-state index in [1.165, 1.54) is 44.2 Å². The van der Waals surface area contributed by atoms with Crippen LogP contribution in [0.2, 0.25) is 0 Å². The van der Waals surface area contributed by atoms with Crippen molar-refractivity contribution in [3.63, 3.8) is 0 Å². The molecule has 0 N–H and O–H groups in total. The Hall–Kier alpha value is -6.38. The second-order valence-corrected chi connectivity index (χ2v) is 12.2. The summed E-state index contributed by atoms with van der Waals surface area (Å²) in [6.07, 6.45) is 0. The number of rotatable bonds is 6. The van der Waals surface area contributed by atoms with Gasteiger partial charge in [-0.15, -0.1) is 0 Å². The van der Waals surface area contributed by atoms with Gasteiger partial charge in [0.15, 0.2) is 0 Å². The van der Waals surface area contributed by atoms with Crippen molar-refractivity contribution >= 4 is 49.8 Å². The van der Waals surface area contributed by atoms with Gasteiger partial charge in [-0.2, -0.15) is 0 Å². The summed E-state index contributed by atoms with van der Waals surface area (Å²) in [4.78, 5) is 2.36. The van der Waals surface area contributed by atoms with Crippen LogP contribution in [0.1, 0.15) is 0 Å². The van der Waals surface area contributed by atoms with Crippen molar-refractivity contribution in [3.8, 4) is 33.4 Å². The van der Waals surface area contributed by atoms with E-state index in [1.807, 2.05) is 12.1 Å². The third kappa shape index (κ3) is 5.01. The second-order valence-electron chi connectivity index (χ2n) is 12.2. The van der Waals surface area contributed by atoms with Crippen molar-refractivity contribution < 1.29 is 4.42 Å². The Balaban J connectivity index is 1.19. The van der Waals surface area contributed by atoms with Gasteiger partial charge in [-0.05, 0) is 98.8 Å². The molecule has 0 saturated heterocycles. The van der Waals surface area contributed by atoms with Gasteiger partial charge in [-0.25, -0.2) is 0 Å². The van der Waals surface area contributed by atoms with Crippen molar-refractivity contribution in [2.75, 3.05) is 4.90 Å². The van der Waals surface area contributed by atoms with E-state index in [-0.39, 0.29) is 0 Å². The maximum Gasteiger partial charge on any atom is 0.137 e. The molecular weight excluding hydrogens is 583 g/mol. The number of hydrogen-bond acceptors (Lipinski definition) is 2. The number of benzene rings is 8. The molecule has 0 radical (unpaired) electrons. The Morgan fingerprint density at radius 1 is 0.333 bits per heavy atom. The average Bonchev–Trinajstić information content (AvgIpc) is 3.55. The summed E-state index contributed by atoms with van der Waals surface area (Å²) in [5.41, 5.74) is 12.1. The molecule has 0 bridgehead atoms. The lowest BCUT2D eigenvalue weighted by Gasteiger charge is -2.27. The highest BCUT2D eigenvalue weighted by molar-refractivity contribution is 6.13. The third-order valence-corrected chi connectivity index (χ3v) is 9.24. The monoisotopic (exact) mass is 613 g/mol. The zero-order valence-corrected chi connectivity index (χ0v) is 26.3. The molecule has 2 heteroatoms. The number of para-hydroxylation sites is 1. The molecule has 0 amide bonds. The van der Waals surface area contributed by atoms with E-state index in [0.29, 0.717) is 0 Å². The summed E-state index contributed by atoms with van der Waals surface area (Å²) < 4.78 is 6.35. The van der Waals surface area contributed by atoms with Crippen LogP contribution in [0.5, 0.6) is 0 Å². The molecule has 48 heavy (non-hydrogen) atoms. The lowest BCUT2D eigenvalue weighted by atomic mass is 9.98. The fraction of sp³-hybridized carbons (Fsp3) is 0. The molecule has 0 aliphatic heterocycles. The Kier molecular flexibility index (Phi) is 6.84. The first-order chi connectivity index (χ1) is 23.8. The molecule has 0 unspecified atom stereocenters. The maximum absolute atomic E-state index is 6.35. The van der Waals surface area contributed by atoms with Crippen LogP contribution in [-0.4, -0.2) is 0 Å². The van der Waals surface area contributed by atoms with Crippen molar-refractivity contribution in [2.24, 2.45) is 0 Å². The van der Waals surface area contributed by atoms with Gasteiger partial charge in [-0.3, -0.25) is 0 Å². The zero-order chi connectivity index (χ0) is 31.9. The number of anilines is 3. The van der Waals surface area contributed by atoms with Gasteiger partial charge >= 0.3 is 0 Å². The number of furan rings is 1. The molecule has 0 aliphatic carbocycles. The van der Waals surface area contributed by atoms with Crippen LogP contribution in [0, 0.1) is 0 Å². The van der Waals surface area contributed by atoms with Crippen molar-refractivity contribution in [1.82, 2.24) is 0 Å². The first-order valence-electron chi connectivity index (χ1n) is 16.3. The van der Waals surface area contributed by atoms with Crippen LogP contribution >= 0.6 is 0 Å². The minimum Gasteiger partial charge on any atom is -0.456 e. The molecule has 0 aliphatic rings. The summed E-state index contributed by atoms with van der Waals surface area (Å²) in [6.45, 7) is 0. The minimum absolute atomic E-state index is 0.874. The molecule has 9 rings (SSSR count). The predicted octanol–water partition coefficient (Wildman–Crippen LogP) is 13.2. The minimum atomic E-state index is 0.874. The van der Waals surface area contributed by atoms with Gasteiger partial charge in [-0.1, -0.05) is 133 Å². The molecular formula is C46H31NO. The molecule has 2 nitrogen and oxygen atoms in total. The van der Waals surface area contributed by atoms with Gasteiger partial charge in [0, 0.05) is 16.8 Å². The van der Waals surface area contributed by atoms with Crippen LogP contribution < -0.4 is 4.90 Å². The smallest absolute Gasteiger partial charge is 0.137 e. The largest absolute Gasteiger partial charge is 0.456 e. The summed E-state index contributed by atoms with van der Waals surface area (Å²) >= 11 is 0. The van der Waals surface area contributed by atoms with Gasteiger partial charge in [0.1, 0.15) is 11.2 Å². The molecule has 1 heterocycles. The lowest BCUT2D eigenvalue weighted by molar-refractivity contribution is 0.669. The summed E-state index contributed by atoms with van der Waals surface area (Å²) in [7, 11) is 0. The van der Waals surface area contributed by atoms with E-state index in [0.717, 1.165) is 39.0 Å². The maximum atomic E-state index is 6.35. The molecule has 8 aromatic carbocycles. The molecule has 0 atom stereocenters. The summed E-state index contributed by atoms with van der Waals surface area (Å²) in [5.74, 6) is 0. The number of nitrogens with zero attached hydrogens (tertiary/aromatic N) is 1. The van der Waals surface area contributed by atoms with Gasteiger partial charge < -0.3 is 9.32 Å². The van der Waals surface area contributed by atoms with E-state index in [4.69, 9.17) is 4.42 Å². The van der Waals surface area contributed by atoms with Gasteiger partial charge in [0.25, 0.3) is 0 Å². The SMILES string of the molecule is c1ccc(-c2cccc(-c3ccc(N(c4cccc(-c5ccc6ccccc6c5)c4)c4cccc5oc6ccccc6c45)cc3)c2)cc1. The van der Waals surface area contributed by atoms with E-state index in [1.54, 1.807) is 0 Å². The Labute approximate surface area is 279 Å². The average molecular weight is 614 g/mol.